The van der Waals surface area contributed by atoms with Crippen molar-refractivity contribution in [2.24, 2.45) is 0 Å². The summed E-state index contributed by atoms with van der Waals surface area (Å²) in [6, 6.07) is 10.1. The second-order valence-corrected chi connectivity index (χ2v) is 2.08. The van der Waals surface area contributed by atoms with Crippen LogP contribution in [0.25, 0.3) is 0 Å². The maximum atomic E-state index is 2.63. The summed E-state index contributed by atoms with van der Waals surface area (Å²) in [5, 5.41) is 0. The second kappa shape index (κ2) is 6.83. The lowest BCUT2D eigenvalue weighted by Crippen LogP contribution is -1.97. The molecular formula is C6H7AlBr2. The first-order valence-electron chi connectivity index (χ1n) is 2.20. The van der Waals surface area contributed by atoms with Gasteiger partial charge < -0.3 is 0 Å². The van der Waals surface area contributed by atoms with Crippen LogP contribution < -0.4 is 4.43 Å². The Morgan fingerprint density at radius 1 is 0.889 bits per heavy atom. The first kappa shape index (κ1) is 12.4. The van der Waals surface area contributed by atoms with Gasteiger partial charge in [-0.2, -0.15) is 0 Å². The molecule has 0 fully saturated rings. The highest BCUT2D eigenvalue weighted by atomic mass is 79.9. The molecule has 48 valence electrons. The van der Waals surface area contributed by atoms with Gasteiger partial charge in [0.2, 0.25) is 0 Å². The average Bonchev–Trinajstić information content (AvgIpc) is 1.69. The zero-order valence-corrected chi connectivity index (χ0v) is 9.36. The van der Waals surface area contributed by atoms with Crippen molar-refractivity contribution >= 4 is 54.7 Å². The van der Waals surface area contributed by atoms with Crippen LogP contribution in [-0.4, -0.2) is 16.3 Å². The number of rotatable bonds is 0. The molecule has 0 saturated carbocycles. The van der Waals surface area contributed by atoms with Crippen molar-refractivity contribution in [3.63, 3.8) is 0 Å². The van der Waals surface area contributed by atoms with E-state index in [2.05, 4.69) is 16.3 Å². The highest BCUT2D eigenvalue weighted by Gasteiger charge is 1.71. The predicted molar refractivity (Wildman–Crippen MR) is 52.5 cm³/mol. The molecule has 0 spiro atoms. The molecule has 0 saturated heterocycles. The van der Waals surface area contributed by atoms with E-state index in [9.17, 15) is 0 Å². The molecule has 1 aromatic carbocycles. The van der Waals surface area contributed by atoms with Crippen molar-refractivity contribution in [2.45, 2.75) is 0 Å². The van der Waals surface area contributed by atoms with E-state index in [1.54, 1.807) is 0 Å². The van der Waals surface area contributed by atoms with Crippen LogP contribution in [0.2, 0.25) is 0 Å². The minimum Gasteiger partial charge on any atom is -0.139 e. The van der Waals surface area contributed by atoms with Crippen molar-refractivity contribution in [1.29, 1.82) is 0 Å². The highest BCUT2D eigenvalue weighted by Crippen LogP contribution is 1.76. The standard InChI is InChI=1S/C6H5.Al.2BrH/c1-2-4-6-5-3-1;;;/h1-5H;;2*1H. The maximum absolute atomic E-state index is 2.63. The number of hydrogen-bond donors (Lipinski definition) is 0. The summed E-state index contributed by atoms with van der Waals surface area (Å²) >= 11 is 2.63. The van der Waals surface area contributed by atoms with Crippen molar-refractivity contribution in [3.05, 3.63) is 30.3 Å². The molecule has 0 unspecified atom stereocenters. The molecule has 0 N–H and O–H groups in total. The third-order valence-electron chi connectivity index (χ3n) is 0.800. The SMILES string of the molecule is Br.Br.[Al][c]1ccccc1. The Bertz CT molecular complexity index is 141. The van der Waals surface area contributed by atoms with Crippen LogP contribution in [0.1, 0.15) is 0 Å². The molecule has 0 amide bonds. The predicted octanol–water partition coefficient (Wildman–Crippen LogP) is 1.64. The highest BCUT2D eigenvalue weighted by molar-refractivity contribution is 8.93. The van der Waals surface area contributed by atoms with Gasteiger partial charge in [-0.25, -0.2) is 0 Å². The minimum absolute atomic E-state index is 0. The van der Waals surface area contributed by atoms with Gasteiger partial charge in [-0.05, 0) is 0 Å². The first-order chi connectivity index (χ1) is 3.39. The Morgan fingerprint density at radius 3 is 1.56 bits per heavy atom. The Balaban J connectivity index is 0. The van der Waals surface area contributed by atoms with Crippen molar-refractivity contribution in [2.75, 3.05) is 0 Å². The Labute approximate surface area is 84.6 Å². The third kappa shape index (κ3) is 5.17. The van der Waals surface area contributed by atoms with Crippen LogP contribution in [0.4, 0.5) is 0 Å². The molecule has 0 aliphatic carbocycles. The van der Waals surface area contributed by atoms with Gasteiger partial charge in [0, 0.05) is 0 Å². The molecule has 0 aliphatic rings. The van der Waals surface area contributed by atoms with Gasteiger partial charge in [0.25, 0.3) is 0 Å². The van der Waals surface area contributed by atoms with Crippen LogP contribution in [0, 0.1) is 0 Å². The van der Waals surface area contributed by atoms with Gasteiger partial charge in [-0.15, -0.1) is 38.4 Å². The van der Waals surface area contributed by atoms with Gasteiger partial charge in [-0.1, -0.05) is 30.3 Å². The summed E-state index contributed by atoms with van der Waals surface area (Å²) in [5.41, 5.74) is 0. The summed E-state index contributed by atoms with van der Waals surface area (Å²) in [6.45, 7) is 0. The largest absolute Gasteiger partial charge is 0.175 e. The minimum atomic E-state index is 0. The second-order valence-electron chi connectivity index (χ2n) is 1.41. The van der Waals surface area contributed by atoms with Crippen molar-refractivity contribution in [1.82, 2.24) is 0 Å². The van der Waals surface area contributed by atoms with E-state index in [1.165, 1.54) is 4.43 Å². The van der Waals surface area contributed by atoms with Gasteiger partial charge in [0.05, 0.1) is 0 Å². The summed E-state index contributed by atoms with van der Waals surface area (Å²) in [4.78, 5) is 0. The van der Waals surface area contributed by atoms with Crippen LogP contribution in [0.5, 0.6) is 0 Å². The Morgan fingerprint density at radius 2 is 1.33 bits per heavy atom. The summed E-state index contributed by atoms with van der Waals surface area (Å²) < 4.78 is 1.24. The lowest BCUT2D eigenvalue weighted by Gasteiger charge is -1.84. The van der Waals surface area contributed by atoms with E-state index >= 15 is 0 Å². The van der Waals surface area contributed by atoms with E-state index in [0.717, 1.165) is 0 Å². The summed E-state index contributed by atoms with van der Waals surface area (Å²) in [6.07, 6.45) is 0. The van der Waals surface area contributed by atoms with E-state index in [1.807, 2.05) is 30.3 Å². The molecule has 1 aromatic rings. The molecular weight excluding hydrogens is 259 g/mol. The van der Waals surface area contributed by atoms with Crippen LogP contribution in [0.15, 0.2) is 30.3 Å². The van der Waals surface area contributed by atoms with Gasteiger partial charge in [0.15, 0.2) is 16.3 Å². The fourth-order valence-corrected chi connectivity index (χ4v) is 0.675. The van der Waals surface area contributed by atoms with Crippen molar-refractivity contribution < 1.29 is 0 Å². The Kier molecular flexibility index (Phi) is 9.40. The van der Waals surface area contributed by atoms with E-state index in [4.69, 9.17) is 0 Å². The number of halogens is 2. The van der Waals surface area contributed by atoms with E-state index < -0.39 is 0 Å². The molecule has 3 heteroatoms. The normalized spacial score (nSPS) is 6.67. The molecule has 0 nitrogen and oxygen atoms in total. The fourth-order valence-electron chi connectivity index (χ4n) is 0.453. The average molecular weight is 266 g/mol. The van der Waals surface area contributed by atoms with Gasteiger partial charge >= 0.3 is 0 Å². The van der Waals surface area contributed by atoms with Crippen LogP contribution >= 0.6 is 34.0 Å². The fraction of sp³-hybridized carbons (Fsp3) is 0. The molecule has 1 rings (SSSR count). The number of benzene rings is 1. The third-order valence-corrected chi connectivity index (χ3v) is 1.18. The van der Waals surface area contributed by atoms with Crippen molar-refractivity contribution in [3.8, 4) is 0 Å². The maximum Gasteiger partial charge on any atom is 0.175 e. The monoisotopic (exact) mass is 264 g/mol. The molecule has 0 heterocycles. The van der Waals surface area contributed by atoms with Gasteiger partial charge in [-0.3, -0.25) is 0 Å². The van der Waals surface area contributed by atoms with E-state index in [0.29, 0.717) is 0 Å². The molecule has 0 aromatic heterocycles. The molecule has 2 radical (unpaired) electrons. The molecule has 0 aliphatic heterocycles. The topological polar surface area (TPSA) is 0 Å². The lowest BCUT2D eigenvalue weighted by molar-refractivity contribution is 1.78. The number of hydrogen-bond acceptors (Lipinski definition) is 0. The summed E-state index contributed by atoms with van der Waals surface area (Å²) in [5.74, 6) is 0. The van der Waals surface area contributed by atoms with Gasteiger partial charge in [0.1, 0.15) is 0 Å². The quantitative estimate of drug-likeness (QED) is 0.626. The first-order valence-corrected chi connectivity index (χ1v) is 2.78. The lowest BCUT2D eigenvalue weighted by atomic mass is 10.4. The molecule has 0 atom stereocenters. The zero-order chi connectivity index (χ0) is 5.11. The van der Waals surface area contributed by atoms with E-state index in [-0.39, 0.29) is 34.0 Å². The molecule has 0 bridgehead atoms. The van der Waals surface area contributed by atoms with Crippen LogP contribution in [0.3, 0.4) is 0 Å². The molecule has 9 heavy (non-hydrogen) atoms. The zero-order valence-electron chi connectivity index (χ0n) is 4.78. The smallest absolute Gasteiger partial charge is 0.139 e. The van der Waals surface area contributed by atoms with Crippen LogP contribution in [-0.2, 0) is 0 Å². The Hall–Kier alpha value is 0.712. The summed E-state index contributed by atoms with van der Waals surface area (Å²) in [7, 11) is 0.